The fourth-order valence-corrected chi connectivity index (χ4v) is 8.98. The molecule has 3 heteroatoms. The lowest BCUT2D eigenvalue weighted by Gasteiger charge is -2.58. The molecule has 0 saturated heterocycles. The van der Waals surface area contributed by atoms with Gasteiger partial charge in [0.2, 0.25) is 0 Å². The first kappa shape index (κ1) is 28.0. The van der Waals surface area contributed by atoms with E-state index in [4.69, 9.17) is 9.47 Å². The molecule has 0 bridgehead atoms. The van der Waals surface area contributed by atoms with Gasteiger partial charge >= 0.3 is 6.16 Å². The molecule has 0 amide bonds. The van der Waals surface area contributed by atoms with Crippen LogP contribution in [-0.4, -0.2) is 18.9 Å². The molecule has 5 unspecified atom stereocenters. The van der Waals surface area contributed by atoms with E-state index in [2.05, 4.69) is 40.7 Å². The van der Waals surface area contributed by atoms with Gasteiger partial charge in [0.25, 0.3) is 0 Å². The van der Waals surface area contributed by atoms with Gasteiger partial charge < -0.3 is 9.47 Å². The smallest absolute Gasteiger partial charge is 0.434 e. The molecule has 3 fully saturated rings. The van der Waals surface area contributed by atoms with Crippen LogP contribution >= 0.6 is 0 Å². The maximum Gasteiger partial charge on any atom is 0.508 e. The first-order valence-electron chi connectivity index (χ1n) is 15.8. The Morgan fingerprint density at radius 3 is 2.56 bits per heavy atom. The van der Waals surface area contributed by atoms with E-state index in [1.54, 1.807) is 5.57 Å². The summed E-state index contributed by atoms with van der Waals surface area (Å²) >= 11 is 0. The van der Waals surface area contributed by atoms with Gasteiger partial charge in [-0.05, 0) is 91.8 Å². The summed E-state index contributed by atoms with van der Waals surface area (Å²) in [6, 6.07) is 0. The highest BCUT2D eigenvalue weighted by Gasteiger charge is 2.58. The summed E-state index contributed by atoms with van der Waals surface area (Å²) in [5.74, 6) is 3.95. The van der Waals surface area contributed by atoms with Gasteiger partial charge in [-0.25, -0.2) is 4.79 Å². The van der Waals surface area contributed by atoms with Gasteiger partial charge in [-0.3, -0.25) is 0 Å². The van der Waals surface area contributed by atoms with Crippen molar-refractivity contribution in [1.29, 1.82) is 0 Å². The van der Waals surface area contributed by atoms with Crippen LogP contribution in [0.15, 0.2) is 11.6 Å². The van der Waals surface area contributed by atoms with Crippen molar-refractivity contribution in [3.63, 3.8) is 0 Å². The maximum absolute atomic E-state index is 12.3. The SMILES string of the molecule is CCCCCCCCC1CCC2C3CC=C4C[C@@H](OC(=O)OCC(C)CC)CC[C@]4(C)C3CC[C@]12C. The maximum atomic E-state index is 12.3. The number of allylic oxidation sites excluding steroid dienone is 1. The van der Waals surface area contributed by atoms with Crippen molar-refractivity contribution >= 4 is 6.16 Å². The van der Waals surface area contributed by atoms with Crippen molar-refractivity contribution in [2.45, 2.75) is 143 Å². The van der Waals surface area contributed by atoms with Crippen LogP contribution in [0.3, 0.4) is 0 Å². The lowest BCUT2D eigenvalue weighted by Crippen LogP contribution is -2.50. The summed E-state index contributed by atoms with van der Waals surface area (Å²) in [6.45, 7) is 12.2. The molecule has 8 atom stereocenters. The molecular weight excluding hydrogens is 444 g/mol. The zero-order valence-electron chi connectivity index (χ0n) is 24.3. The molecule has 0 aromatic carbocycles. The molecule has 3 saturated carbocycles. The Morgan fingerprint density at radius 2 is 1.78 bits per heavy atom. The van der Waals surface area contributed by atoms with Crippen LogP contribution in [0.5, 0.6) is 0 Å². The van der Waals surface area contributed by atoms with Crippen molar-refractivity contribution in [2.24, 2.45) is 40.4 Å². The summed E-state index contributed by atoms with van der Waals surface area (Å²) in [4.78, 5) is 12.3. The molecule has 0 spiro atoms. The predicted octanol–water partition coefficient (Wildman–Crippen LogP) is 9.88. The molecule has 0 heterocycles. The average Bonchev–Trinajstić information content (AvgIpc) is 3.21. The van der Waals surface area contributed by atoms with Crippen LogP contribution in [0.1, 0.15) is 137 Å². The molecule has 0 aromatic heterocycles. The first-order valence-corrected chi connectivity index (χ1v) is 15.8. The van der Waals surface area contributed by atoms with E-state index in [-0.39, 0.29) is 6.10 Å². The van der Waals surface area contributed by atoms with Gasteiger partial charge in [-0.1, -0.05) is 91.2 Å². The zero-order chi connectivity index (χ0) is 25.8. The lowest BCUT2D eigenvalue weighted by molar-refractivity contribution is -0.0568. The van der Waals surface area contributed by atoms with Crippen LogP contribution in [0.25, 0.3) is 0 Å². The van der Waals surface area contributed by atoms with E-state index in [1.807, 2.05) is 0 Å². The standard InChI is InChI=1S/C33H56O3/c1-6-8-9-10-11-12-13-25-15-17-29-28-16-14-26-22-27(36-31(34)35-23-24(3)7-2)18-20-33(26,5)30(28)19-21-32(25,29)4/h14,24-25,27-30H,6-13,15-23H2,1-5H3/t24?,25?,27-,28?,29?,30?,32+,33-/m0/s1. The van der Waals surface area contributed by atoms with Crippen molar-refractivity contribution < 1.29 is 14.3 Å². The third kappa shape index (κ3) is 5.85. The Hall–Kier alpha value is -0.990. The highest BCUT2D eigenvalue weighted by atomic mass is 16.7. The van der Waals surface area contributed by atoms with E-state index in [9.17, 15) is 4.79 Å². The number of carbonyl (C=O) groups excluding carboxylic acids is 1. The van der Waals surface area contributed by atoms with Crippen molar-refractivity contribution in [3.05, 3.63) is 11.6 Å². The van der Waals surface area contributed by atoms with Gasteiger partial charge in [-0.15, -0.1) is 0 Å². The Balaban J connectivity index is 1.32. The molecule has 0 radical (unpaired) electrons. The van der Waals surface area contributed by atoms with E-state index in [1.165, 1.54) is 77.0 Å². The van der Waals surface area contributed by atoms with Gasteiger partial charge in [0, 0.05) is 6.42 Å². The Morgan fingerprint density at radius 1 is 1.00 bits per heavy atom. The molecular formula is C33H56O3. The molecule has 0 N–H and O–H groups in total. The summed E-state index contributed by atoms with van der Waals surface area (Å²) < 4.78 is 11.2. The predicted molar refractivity (Wildman–Crippen MR) is 149 cm³/mol. The van der Waals surface area contributed by atoms with E-state index in [0.29, 0.717) is 23.4 Å². The zero-order valence-corrected chi connectivity index (χ0v) is 24.3. The summed E-state index contributed by atoms with van der Waals surface area (Å²) in [5.41, 5.74) is 2.47. The van der Waals surface area contributed by atoms with Gasteiger partial charge in [0.05, 0.1) is 6.61 Å². The molecule has 0 aliphatic heterocycles. The minimum atomic E-state index is -0.464. The minimum absolute atomic E-state index is 0.00708. The average molecular weight is 501 g/mol. The van der Waals surface area contributed by atoms with E-state index >= 15 is 0 Å². The molecule has 206 valence electrons. The second kappa shape index (κ2) is 12.2. The van der Waals surface area contributed by atoms with Crippen LogP contribution in [0.4, 0.5) is 4.79 Å². The number of hydrogen-bond donors (Lipinski definition) is 0. The minimum Gasteiger partial charge on any atom is -0.434 e. The second-order valence-corrected chi connectivity index (χ2v) is 13.7. The van der Waals surface area contributed by atoms with Crippen LogP contribution < -0.4 is 0 Å². The first-order chi connectivity index (χ1) is 17.3. The number of hydrogen-bond acceptors (Lipinski definition) is 3. The highest BCUT2D eigenvalue weighted by Crippen LogP contribution is 2.66. The summed E-state index contributed by atoms with van der Waals surface area (Å²) in [7, 11) is 0. The Labute approximate surface area is 222 Å². The van der Waals surface area contributed by atoms with E-state index < -0.39 is 6.16 Å². The van der Waals surface area contributed by atoms with Crippen LogP contribution in [0.2, 0.25) is 0 Å². The Kier molecular flexibility index (Phi) is 9.54. The van der Waals surface area contributed by atoms with Gasteiger partial charge in [0.1, 0.15) is 6.10 Å². The summed E-state index contributed by atoms with van der Waals surface area (Å²) in [6.07, 6.45) is 23.2. The topological polar surface area (TPSA) is 35.5 Å². The monoisotopic (exact) mass is 500 g/mol. The molecule has 4 aliphatic rings. The van der Waals surface area contributed by atoms with Crippen molar-refractivity contribution in [3.8, 4) is 0 Å². The molecule has 0 aromatic rings. The fourth-order valence-electron chi connectivity index (χ4n) is 8.98. The fraction of sp³-hybridized carbons (Fsp3) is 0.909. The van der Waals surface area contributed by atoms with Gasteiger partial charge in [-0.2, -0.15) is 0 Å². The normalized spacial score (nSPS) is 38.4. The second-order valence-electron chi connectivity index (χ2n) is 13.7. The van der Waals surface area contributed by atoms with Gasteiger partial charge in [0.15, 0.2) is 0 Å². The number of fused-ring (bicyclic) bond motifs is 5. The van der Waals surface area contributed by atoms with Crippen molar-refractivity contribution in [1.82, 2.24) is 0 Å². The highest BCUT2D eigenvalue weighted by molar-refractivity contribution is 5.60. The Bertz CT molecular complexity index is 758. The summed E-state index contributed by atoms with van der Waals surface area (Å²) in [5, 5.41) is 0. The van der Waals surface area contributed by atoms with Crippen LogP contribution in [-0.2, 0) is 9.47 Å². The number of unbranched alkanes of at least 4 members (excludes halogenated alkanes) is 5. The third-order valence-electron chi connectivity index (χ3n) is 11.6. The number of ether oxygens (including phenoxy) is 2. The van der Waals surface area contributed by atoms with Crippen LogP contribution in [0, 0.1) is 40.4 Å². The lowest BCUT2D eigenvalue weighted by atomic mass is 9.47. The van der Waals surface area contributed by atoms with E-state index in [0.717, 1.165) is 49.4 Å². The third-order valence-corrected chi connectivity index (χ3v) is 11.6. The quantitative estimate of drug-likeness (QED) is 0.161. The molecule has 4 aliphatic carbocycles. The molecule has 36 heavy (non-hydrogen) atoms. The number of rotatable bonds is 11. The number of carbonyl (C=O) groups is 1. The molecule has 3 nitrogen and oxygen atoms in total. The largest absolute Gasteiger partial charge is 0.508 e. The molecule has 4 rings (SSSR count). The van der Waals surface area contributed by atoms with Crippen molar-refractivity contribution in [2.75, 3.05) is 6.61 Å².